The quantitative estimate of drug-likeness (QED) is 0.117. The van der Waals surface area contributed by atoms with Gasteiger partial charge in [-0.1, -0.05) is 0 Å². The summed E-state index contributed by atoms with van der Waals surface area (Å²) in [5.41, 5.74) is 5.40. The second kappa shape index (κ2) is 11.4. The van der Waals surface area contributed by atoms with Crippen molar-refractivity contribution in [1.29, 1.82) is 0 Å². The Balaban J connectivity index is 1.88. The highest BCUT2D eigenvalue weighted by Crippen LogP contribution is 2.44. The molecule has 0 spiro atoms. The van der Waals surface area contributed by atoms with Crippen molar-refractivity contribution in [3.63, 3.8) is 0 Å². The van der Waals surface area contributed by atoms with Crippen LogP contribution in [0.3, 0.4) is 0 Å². The number of aliphatic hydroxyl groups is 5. The number of benzene rings is 2. The summed E-state index contributed by atoms with van der Waals surface area (Å²) in [6.07, 6.45) is -8.26. The monoisotopic (exact) mass is 561 g/mol. The zero-order chi connectivity index (χ0) is 29.5. The number of phenolic OH excluding ortho intramolecular Hbond substituents is 1. The molecule has 40 heavy (non-hydrogen) atoms. The van der Waals surface area contributed by atoms with E-state index in [0.29, 0.717) is 5.56 Å². The van der Waals surface area contributed by atoms with Crippen LogP contribution in [-0.4, -0.2) is 99.6 Å². The number of hydrogen-bond acceptors (Lipinski definition) is 12. The predicted molar refractivity (Wildman–Crippen MR) is 137 cm³/mol. The topological polar surface area (TPSA) is 234 Å². The van der Waals surface area contributed by atoms with E-state index in [1.807, 2.05) is 0 Å². The van der Waals surface area contributed by atoms with Crippen LogP contribution in [0.1, 0.15) is 48.5 Å². The number of guanidine groups is 1. The van der Waals surface area contributed by atoms with Crippen molar-refractivity contribution < 1.29 is 54.4 Å². The number of ketones is 2. The van der Waals surface area contributed by atoms with Crippen molar-refractivity contribution >= 4 is 17.5 Å². The molecule has 1 aliphatic carbocycles. The molecule has 0 bridgehead atoms. The second-order valence-electron chi connectivity index (χ2n) is 9.34. The van der Waals surface area contributed by atoms with Crippen LogP contribution >= 0.6 is 0 Å². The molecule has 9 N–H and O–H groups in total. The molecule has 0 aromatic heterocycles. The molecule has 0 saturated carbocycles. The van der Waals surface area contributed by atoms with Crippen molar-refractivity contribution in [2.75, 3.05) is 20.8 Å². The number of nitrogens with two attached hydrogens (primary N) is 1. The number of methoxy groups -OCH3 is 1. The normalized spacial score (nSPS) is 24.4. The SMILES string of the molecule is CN=C(N)NCc1c(C)cc2c(c1O)C(=O)c1c(OC3OC(CO)C(O)C(O)C3O)cc(OC)c(CO)c1C2=O. The molecule has 5 unspecified atom stereocenters. The Bertz CT molecular complexity index is 1370. The minimum absolute atomic E-state index is 0.0127. The van der Waals surface area contributed by atoms with E-state index < -0.39 is 61.2 Å². The number of aryl methyl sites for hydroxylation is 1. The first kappa shape index (κ1) is 29.2. The Labute approximate surface area is 228 Å². The minimum Gasteiger partial charge on any atom is -0.507 e. The van der Waals surface area contributed by atoms with Crippen LogP contribution in [0.15, 0.2) is 17.1 Å². The van der Waals surface area contributed by atoms with Crippen molar-refractivity contribution in [1.82, 2.24) is 5.32 Å². The van der Waals surface area contributed by atoms with Crippen LogP contribution in [0.2, 0.25) is 0 Å². The molecule has 216 valence electrons. The van der Waals surface area contributed by atoms with Crippen molar-refractivity contribution in [2.45, 2.75) is 50.8 Å². The Morgan fingerprint density at radius 3 is 2.33 bits per heavy atom. The first-order valence-electron chi connectivity index (χ1n) is 12.2. The van der Waals surface area contributed by atoms with E-state index in [9.17, 15) is 40.2 Å². The van der Waals surface area contributed by atoms with Gasteiger partial charge in [-0.3, -0.25) is 14.6 Å². The summed E-state index contributed by atoms with van der Waals surface area (Å²) in [6.45, 7) is 0.206. The zero-order valence-corrected chi connectivity index (χ0v) is 21.9. The number of carbonyl (C=O) groups excluding carboxylic acids is 2. The summed E-state index contributed by atoms with van der Waals surface area (Å²) in [4.78, 5) is 31.6. The van der Waals surface area contributed by atoms with Gasteiger partial charge in [0, 0.05) is 41.9 Å². The Morgan fingerprint density at radius 2 is 1.73 bits per heavy atom. The van der Waals surface area contributed by atoms with E-state index >= 15 is 0 Å². The maximum absolute atomic E-state index is 14.0. The Kier molecular flexibility index (Phi) is 8.30. The van der Waals surface area contributed by atoms with E-state index in [1.165, 1.54) is 26.3 Å². The first-order chi connectivity index (χ1) is 19.0. The minimum atomic E-state index is -1.82. The van der Waals surface area contributed by atoms with Gasteiger partial charge in [0.15, 0.2) is 11.7 Å². The molecule has 2 aromatic carbocycles. The molecule has 14 heteroatoms. The van der Waals surface area contributed by atoms with E-state index in [-0.39, 0.29) is 57.4 Å². The fourth-order valence-electron chi connectivity index (χ4n) is 4.86. The van der Waals surface area contributed by atoms with E-state index in [0.717, 1.165) is 0 Å². The van der Waals surface area contributed by atoms with Crippen LogP contribution < -0.4 is 20.5 Å². The number of rotatable bonds is 7. The number of aliphatic imine (C=N–C) groups is 1. The van der Waals surface area contributed by atoms with Gasteiger partial charge in [0.2, 0.25) is 12.1 Å². The van der Waals surface area contributed by atoms with Gasteiger partial charge in [-0.05, 0) is 18.6 Å². The molecule has 0 amide bonds. The summed E-state index contributed by atoms with van der Waals surface area (Å²) in [5.74, 6) is -2.30. The van der Waals surface area contributed by atoms with Crippen LogP contribution in [0.4, 0.5) is 0 Å². The van der Waals surface area contributed by atoms with E-state index in [1.54, 1.807) is 6.92 Å². The molecule has 1 heterocycles. The van der Waals surface area contributed by atoms with Crippen LogP contribution in [0, 0.1) is 6.92 Å². The zero-order valence-electron chi connectivity index (χ0n) is 21.9. The highest BCUT2D eigenvalue weighted by molar-refractivity contribution is 6.31. The maximum atomic E-state index is 14.0. The number of fused-ring (bicyclic) bond motifs is 2. The average molecular weight is 562 g/mol. The van der Waals surface area contributed by atoms with Crippen molar-refractivity contribution in [3.05, 3.63) is 51.1 Å². The van der Waals surface area contributed by atoms with Crippen LogP contribution in [0.5, 0.6) is 17.2 Å². The summed E-state index contributed by atoms with van der Waals surface area (Å²) in [7, 11) is 2.73. The number of aliphatic hydroxyl groups excluding tert-OH is 5. The molecule has 5 atom stereocenters. The van der Waals surface area contributed by atoms with Gasteiger partial charge in [0.25, 0.3) is 0 Å². The number of ether oxygens (including phenoxy) is 3. The van der Waals surface area contributed by atoms with Gasteiger partial charge in [-0.25, -0.2) is 0 Å². The highest BCUT2D eigenvalue weighted by atomic mass is 16.7. The van der Waals surface area contributed by atoms with Crippen LogP contribution in [-0.2, 0) is 17.9 Å². The fourth-order valence-corrected chi connectivity index (χ4v) is 4.86. The van der Waals surface area contributed by atoms with Gasteiger partial charge in [0.1, 0.15) is 41.7 Å². The lowest BCUT2D eigenvalue weighted by Gasteiger charge is -2.40. The standard InChI is InChI=1S/C26H31N3O11/c1-9-4-10-17(20(33)11(9)6-29-26(27)28-2)22(35)18-14(5-13(38-3)12(7-30)16(18)19(10)32)39-25-24(37)23(36)21(34)15(8-31)40-25/h4-5,15,21,23-25,30-31,33-34,36-37H,6-8H2,1-3H3,(H3,27,28,29). The number of hydrogen-bond donors (Lipinski definition) is 8. The fraction of sp³-hybridized carbons (Fsp3) is 0.423. The van der Waals surface area contributed by atoms with Crippen molar-refractivity contribution in [3.8, 4) is 17.2 Å². The molecule has 1 aliphatic heterocycles. The number of nitrogens with one attached hydrogen (secondary N) is 1. The van der Waals surface area contributed by atoms with E-state index in [4.69, 9.17) is 19.9 Å². The van der Waals surface area contributed by atoms with Crippen molar-refractivity contribution in [2.24, 2.45) is 10.7 Å². The molecule has 14 nitrogen and oxygen atoms in total. The Morgan fingerprint density at radius 1 is 1.02 bits per heavy atom. The first-order valence-corrected chi connectivity index (χ1v) is 12.2. The smallest absolute Gasteiger partial charge is 0.229 e. The lowest BCUT2D eigenvalue weighted by Crippen LogP contribution is -2.60. The lowest BCUT2D eigenvalue weighted by atomic mass is 9.79. The summed E-state index contributed by atoms with van der Waals surface area (Å²) in [5, 5.41) is 64.4. The number of carbonyl (C=O) groups is 2. The molecule has 2 aliphatic rings. The molecule has 0 radical (unpaired) electrons. The molecule has 4 rings (SSSR count). The van der Waals surface area contributed by atoms with Gasteiger partial charge in [-0.15, -0.1) is 0 Å². The van der Waals surface area contributed by atoms with Crippen LogP contribution in [0.25, 0.3) is 0 Å². The Hall–Kier alpha value is -3.79. The lowest BCUT2D eigenvalue weighted by molar-refractivity contribution is -0.277. The highest BCUT2D eigenvalue weighted by Gasteiger charge is 2.46. The van der Waals surface area contributed by atoms with E-state index in [2.05, 4.69) is 10.3 Å². The average Bonchev–Trinajstić information content (AvgIpc) is 2.94. The predicted octanol–water partition coefficient (Wildman–Crippen LogP) is -1.81. The molecular weight excluding hydrogens is 530 g/mol. The van der Waals surface area contributed by atoms with Gasteiger partial charge < -0.3 is 55.9 Å². The third-order valence-electron chi connectivity index (χ3n) is 7.07. The number of aromatic hydroxyl groups is 1. The van der Waals surface area contributed by atoms with Gasteiger partial charge in [0.05, 0.1) is 31.5 Å². The summed E-state index contributed by atoms with van der Waals surface area (Å²) in [6, 6.07) is 2.63. The largest absolute Gasteiger partial charge is 0.507 e. The van der Waals surface area contributed by atoms with Gasteiger partial charge >= 0.3 is 0 Å². The maximum Gasteiger partial charge on any atom is 0.229 e. The second-order valence-corrected chi connectivity index (χ2v) is 9.34. The number of nitrogens with zero attached hydrogens (tertiary/aromatic N) is 1. The third-order valence-corrected chi connectivity index (χ3v) is 7.07. The summed E-state index contributed by atoms with van der Waals surface area (Å²) < 4.78 is 16.5. The molecule has 1 saturated heterocycles. The summed E-state index contributed by atoms with van der Waals surface area (Å²) >= 11 is 0. The molecule has 1 fully saturated rings. The molecular formula is C26H31N3O11. The third kappa shape index (κ3) is 4.74. The van der Waals surface area contributed by atoms with Gasteiger partial charge in [-0.2, -0.15) is 0 Å². The number of phenols is 1. The molecule has 2 aromatic rings.